The number of esters is 1. The molecule has 0 heterocycles. The van der Waals surface area contributed by atoms with Crippen LogP contribution in [-0.4, -0.2) is 37.5 Å². The summed E-state index contributed by atoms with van der Waals surface area (Å²) in [7, 11) is 0. The molecule has 30 heavy (non-hydrogen) atoms. The fourth-order valence-electron chi connectivity index (χ4n) is 2.66. The lowest BCUT2D eigenvalue weighted by Gasteiger charge is -2.12. The van der Waals surface area contributed by atoms with Crippen molar-refractivity contribution in [2.24, 2.45) is 0 Å². The Labute approximate surface area is 176 Å². The Bertz CT molecular complexity index is 857. The van der Waals surface area contributed by atoms with Crippen LogP contribution in [0.4, 0.5) is 5.69 Å². The van der Waals surface area contributed by atoms with Gasteiger partial charge < -0.3 is 20.1 Å². The van der Waals surface area contributed by atoms with E-state index in [1.807, 2.05) is 32.0 Å². The molecule has 0 aliphatic rings. The lowest BCUT2D eigenvalue weighted by Crippen LogP contribution is -2.35. The SMILES string of the molecule is CCCCOc1ccc(C(=O)OCC(=O)NCC(=O)Nc2c(C)cccc2C)cc1. The van der Waals surface area contributed by atoms with Gasteiger partial charge in [-0.3, -0.25) is 9.59 Å². The van der Waals surface area contributed by atoms with E-state index in [2.05, 4.69) is 17.6 Å². The summed E-state index contributed by atoms with van der Waals surface area (Å²) >= 11 is 0. The summed E-state index contributed by atoms with van der Waals surface area (Å²) in [6.07, 6.45) is 2.00. The number of para-hydroxylation sites is 1. The van der Waals surface area contributed by atoms with E-state index in [0.29, 0.717) is 17.9 Å². The van der Waals surface area contributed by atoms with Crippen LogP contribution in [0.25, 0.3) is 0 Å². The number of nitrogens with one attached hydrogen (secondary N) is 2. The fourth-order valence-corrected chi connectivity index (χ4v) is 2.66. The highest BCUT2D eigenvalue weighted by molar-refractivity contribution is 5.96. The molecule has 0 bridgehead atoms. The maximum absolute atomic E-state index is 12.1. The van der Waals surface area contributed by atoms with Crippen LogP contribution in [0.5, 0.6) is 5.75 Å². The molecule has 2 N–H and O–H groups in total. The monoisotopic (exact) mass is 412 g/mol. The van der Waals surface area contributed by atoms with E-state index in [9.17, 15) is 14.4 Å². The fraction of sp³-hybridized carbons (Fsp3) is 0.348. The van der Waals surface area contributed by atoms with Crippen molar-refractivity contribution < 1.29 is 23.9 Å². The predicted octanol–water partition coefficient (Wildman–Crippen LogP) is 3.39. The Morgan fingerprint density at radius 2 is 1.60 bits per heavy atom. The van der Waals surface area contributed by atoms with E-state index >= 15 is 0 Å². The van der Waals surface area contributed by atoms with Gasteiger partial charge in [-0.1, -0.05) is 31.5 Å². The first-order chi connectivity index (χ1) is 14.4. The molecule has 0 saturated heterocycles. The third-order valence-electron chi connectivity index (χ3n) is 4.38. The molecule has 2 aromatic rings. The van der Waals surface area contributed by atoms with Gasteiger partial charge in [0.2, 0.25) is 5.91 Å². The normalized spacial score (nSPS) is 10.2. The Hall–Kier alpha value is -3.35. The number of unbranched alkanes of at least 4 members (excludes halogenated alkanes) is 1. The van der Waals surface area contributed by atoms with Crippen molar-refractivity contribution >= 4 is 23.5 Å². The summed E-state index contributed by atoms with van der Waals surface area (Å²) < 4.78 is 10.5. The van der Waals surface area contributed by atoms with Gasteiger partial charge in [-0.15, -0.1) is 0 Å². The third kappa shape index (κ3) is 7.24. The summed E-state index contributed by atoms with van der Waals surface area (Å²) in [6, 6.07) is 12.2. The zero-order chi connectivity index (χ0) is 21.9. The van der Waals surface area contributed by atoms with Crippen molar-refractivity contribution in [3.63, 3.8) is 0 Å². The van der Waals surface area contributed by atoms with Crippen LogP contribution in [0.1, 0.15) is 41.3 Å². The Morgan fingerprint density at radius 3 is 2.23 bits per heavy atom. The quantitative estimate of drug-likeness (QED) is 0.461. The second-order valence-electron chi connectivity index (χ2n) is 6.89. The maximum Gasteiger partial charge on any atom is 0.338 e. The van der Waals surface area contributed by atoms with Crippen LogP contribution in [0.3, 0.4) is 0 Å². The number of hydrogen-bond donors (Lipinski definition) is 2. The molecule has 0 aliphatic heterocycles. The van der Waals surface area contributed by atoms with Gasteiger partial charge in [-0.25, -0.2) is 4.79 Å². The average molecular weight is 412 g/mol. The highest BCUT2D eigenvalue weighted by Crippen LogP contribution is 2.19. The van der Waals surface area contributed by atoms with Gasteiger partial charge in [0.05, 0.1) is 18.7 Å². The van der Waals surface area contributed by atoms with E-state index in [4.69, 9.17) is 9.47 Å². The third-order valence-corrected chi connectivity index (χ3v) is 4.38. The molecule has 0 saturated carbocycles. The molecule has 2 aromatic carbocycles. The predicted molar refractivity (Wildman–Crippen MR) is 115 cm³/mol. The zero-order valence-electron chi connectivity index (χ0n) is 17.6. The summed E-state index contributed by atoms with van der Waals surface area (Å²) in [5, 5.41) is 5.21. The van der Waals surface area contributed by atoms with E-state index in [1.165, 1.54) is 0 Å². The number of benzene rings is 2. The van der Waals surface area contributed by atoms with Crippen molar-refractivity contribution in [1.29, 1.82) is 0 Å². The van der Waals surface area contributed by atoms with Gasteiger partial charge in [0.1, 0.15) is 5.75 Å². The molecule has 7 nitrogen and oxygen atoms in total. The minimum absolute atomic E-state index is 0.214. The first-order valence-electron chi connectivity index (χ1n) is 9.93. The Morgan fingerprint density at radius 1 is 0.933 bits per heavy atom. The number of carbonyl (C=O) groups is 3. The molecule has 0 radical (unpaired) electrons. The van der Waals surface area contributed by atoms with Gasteiger partial charge >= 0.3 is 5.97 Å². The Kier molecular flexibility index (Phi) is 8.87. The molecular formula is C23H28N2O5. The molecule has 7 heteroatoms. The largest absolute Gasteiger partial charge is 0.494 e. The molecule has 0 fully saturated rings. The Balaban J connectivity index is 1.73. The summed E-state index contributed by atoms with van der Waals surface area (Å²) in [5.74, 6) is -0.858. The second kappa shape index (κ2) is 11.6. The smallest absolute Gasteiger partial charge is 0.338 e. The average Bonchev–Trinajstić information content (AvgIpc) is 2.74. The van der Waals surface area contributed by atoms with Crippen LogP contribution in [0.2, 0.25) is 0 Å². The van der Waals surface area contributed by atoms with E-state index in [0.717, 1.165) is 29.7 Å². The number of amides is 2. The first-order valence-corrected chi connectivity index (χ1v) is 9.93. The molecular weight excluding hydrogens is 384 g/mol. The number of rotatable bonds is 10. The number of carbonyl (C=O) groups excluding carboxylic acids is 3. The van der Waals surface area contributed by atoms with Gasteiger partial charge in [-0.2, -0.15) is 0 Å². The molecule has 0 atom stereocenters. The van der Waals surface area contributed by atoms with Crippen molar-refractivity contribution in [3.05, 3.63) is 59.2 Å². The number of anilines is 1. The van der Waals surface area contributed by atoms with E-state index < -0.39 is 18.5 Å². The van der Waals surface area contributed by atoms with Crippen molar-refractivity contribution in [3.8, 4) is 5.75 Å². The van der Waals surface area contributed by atoms with Crippen molar-refractivity contribution in [1.82, 2.24) is 5.32 Å². The van der Waals surface area contributed by atoms with Crippen LogP contribution in [-0.2, 0) is 14.3 Å². The molecule has 2 rings (SSSR count). The second-order valence-corrected chi connectivity index (χ2v) is 6.89. The molecule has 0 aliphatic carbocycles. The standard InChI is InChI=1S/C23H28N2O5/c1-4-5-13-29-19-11-9-18(10-12-19)23(28)30-15-21(27)24-14-20(26)25-22-16(2)7-6-8-17(22)3/h6-12H,4-5,13-15H2,1-3H3,(H,24,27)(H,25,26). The number of hydrogen-bond acceptors (Lipinski definition) is 5. The highest BCUT2D eigenvalue weighted by atomic mass is 16.5. The van der Waals surface area contributed by atoms with E-state index in [-0.39, 0.29) is 12.5 Å². The highest BCUT2D eigenvalue weighted by Gasteiger charge is 2.12. The maximum atomic E-state index is 12.1. The zero-order valence-corrected chi connectivity index (χ0v) is 17.6. The summed E-state index contributed by atoms with van der Waals surface area (Å²) in [4.78, 5) is 36.0. The lowest BCUT2D eigenvalue weighted by molar-refractivity contribution is -0.126. The summed E-state index contributed by atoms with van der Waals surface area (Å²) in [5.41, 5.74) is 2.92. The lowest BCUT2D eigenvalue weighted by atomic mass is 10.1. The molecule has 160 valence electrons. The minimum Gasteiger partial charge on any atom is -0.494 e. The molecule has 0 spiro atoms. The summed E-state index contributed by atoms with van der Waals surface area (Å²) in [6.45, 7) is 5.81. The van der Waals surface area contributed by atoms with Crippen LogP contribution < -0.4 is 15.4 Å². The van der Waals surface area contributed by atoms with E-state index in [1.54, 1.807) is 24.3 Å². The molecule has 0 unspecified atom stereocenters. The topological polar surface area (TPSA) is 93.7 Å². The van der Waals surface area contributed by atoms with Gasteiger partial charge in [0.25, 0.3) is 5.91 Å². The van der Waals surface area contributed by atoms with Crippen LogP contribution in [0.15, 0.2) is 42.5 Å². The first kappa shape index (κ1) is 22.9. The van der Waals surface area contributed by atoms with Gasteiger partial charge in [0, 0.05) is 5.69 Å². The number of aryl methyl sites for hydroxylation is 2. The molecule has 0 aromatic heterocycles. The van der Waals surface area contributed by atoms with Crippen LogP contribution >= 0.6 is 0 Å². The van der Waals surface area contributed by atoms with Gasteiger partial charge in [0.15, 0.2) is 6.61 Å². The number of ether oxygens (including phenoxy) is 2. The molecule has 2 amide bonds. The van der Waals surface area contributed by atoms with Crippen molar-refractivity contribution in [2.75, 3.05) is 25.1 Å². The van der Waals surface area contributed by atoms with Gasteiger partial charge in [-0.05, 0) is 55.7 Å². The van der Waals surface area contributed by atoms with Crippen molar-refractivity contribution in [2.45, 2.75) is 33.6 Å². The van der Waals surface area contributed by atoms with Crippen LogP contribution in [0, 0.1) is 13.8 Å². The minimum atomic E-state index is -0.620.